The van der Waals surface area contributed by atoms with Crippen molar-refractivity contribution in [2.45, 2.75) is 47.1 Å². The van der Waals surface area contributed by atoms with Gasteiger partial charge in [0, 0.05) is 19.5 Å². The molecule has 0 spiro atoms. The number of para-hydroxylation sites is 2. The van der Waals surface area contributed by atoms with Gasteiger partial charge in [0.2, 0.25) is 0 Å². The molecule has 0 atom stereocenters. The van der Waals surface area contributed by atoms with E-state index in [1.807, 2.05) is 50.2 Å². The lowest BCUT2D eigenvalue weighted by Gasteiger charge is -2.12. The highest BCUT2D eigenvalue weighted by molar-refractivity contribution is 5.78. The molecule has 1 heterocycles. The van der Waals surface area contributed by atoms with Crippen molar-refractivity contribution in [3.8, 4) is 5.75 Å². The topological polar surface area (TPSA) is 56.1 Å². The Bertz CT molecular complexity index is 975. The predicted molar refractivity (Wildman–Crippen MR) is 117 cm³/mol. The summed E-state index contributed by atoms with van der Waals surface area (Å²) in [6, 6.07) is 14.2. The van der Waals surface area contributed by atoms with E-state index in [0.29, 0.717) is 18.9 Å². The van der Waals surface area contributed by atoms with Crippen molar-refractivity contribution in [2.24, 2.45) is 5.92 Å². The molecule has 154 valence electrons. The number of nitrogens with one attached hydrogen (secondary N) is 1. The SMILES string of the molecule is Cc1ccc(C)c(OCC(=O)NCCc2nc3ccccc3n2CCC(C)C)c1. The largest absolute Gasteiger partial charge is 0.483 e. The first kappa shape index (κ1) is 20.9. The van der Waals surface area contributed by atoms with E-state index in [-0.39, 0.29) is 12.5 Å². The Labute approximate surface area is 173 Å². The molecule has 0 aliphatic heterocycles. The molecule has 1 N–H and O–H groups in total. The molecule has 0 aliphatic rings. The second-order valence-electron chi connectivity index (χ2n) is 8.01. The van der Waals surface area contributed by atoms with Gasteiger partial charge in [0.15, 0.2) is 6.61 Å². The van der Waals surface area contributed by atoms with Gasteiger partial charge in [-0.1, -0.05) is 38.1 Å². The highest BCUT2D eigenvalue weighted by atomic mass is 16.5. The Morgan fingerprint density at radius 3 is 2.76 bits per heavy atom. The normalized spacial score (nSPS) is 11.2. The minimum atomic E-state index is -0.115. The molecule has 5 nitrogen and oxygen atoms in total. The number of imidazole rings is 1. The standard InChI is InChI=1S/C24H31N3O2/c1-17(2)12-14-27-21-8-6-5-7-20(21)26-23(27)11-13-25-24(28)16-29-22-15-18(3)9-10-19(22)4/h5-10,15,17H,11-14,16H2,1-4H3,(H,25,28). The van der Waals surface area contributed by atoms with Crippen molar-refractivity contribution in [3.05, 3.63) is 59.4 Å². The summed E-state index contributed by atoms with van der Waals surface area (Å²) >= 11 is 0. The van der Waals surface area contributed by atoms with Crippen LogP contribution in [0.3, 0.4) is 0 Å². The summed E-state index contributed by atoms with van der Waals surface area (Å²) in [5.41, 5.74) is 4.32. The lowest BCUT2D eigenvalue weighted by Crippen LogP contribution is -2.31. The summed E-state index contributed by atoms with van der Waals surface area (Å²) in [4.78, 5) is 17.0. The van der Waals surface area contributed by atoms with E-state index in [0.717, 1.165) is 46.7 Å². The molecule has 0 radical (unpaired) electrons. The van der Waals surface area contributed by atoms with Crippen molar-refractivity contribution in [2.75, 3.05) is 13.2 Å². The molecule has 0 bridgehead atoms. The van der Waals surface area contributed by atoms with E-state index >= 15 is 0 Å². The summed E-state index contributed by atoms with van der Waals surface area (Å²) < 4.78 is 7.97. The average molecular weight is 394 g/mol. The third kappa shape index (κ3) is 5.59. The highest BCUT2D eigenvalue weighted by Gasteiger charge is 2.12. The summed E-state index contributed by atoms with van der Waals surface area (Å²) in [5.74, 6) is 2.29. The summed E-state index contributed by atoms with van der Waals surface area (Å²) in [5, 5.41) is 2.95. The first-order valence-electron chi connectivity index (χ1n) is 10.3. The van der Waals surface area contributed by atoms with Gasteiger partial charge in [0.1, 0.15) is 11.6 Å². The van der Waals surface area contributed by atoms with Crippen LogP contribution in [0.25, 0.3) is 11.0 Å². The Morgan fingerprint density at radius 1 is 1.17 bits per heavy atom. The van der Waals surface area contributed by atoms with Crippen molar-refractivity contribution >= 4 is 16.9 Å². The van der Waals surface area contributed by atoms with Crippen LogP contribution >= 0.6 is 0 Å². The first-order chi connectivity index (χ1) is 13.9. The van der Waals surface area contributed by atoms with Crippen LogP contribution in [0.4, 0.5) is 0 Å². The van der Waals surface area contributed by atoms with Crippen LogP contribution in [0.5, 0.6) is 5.75 Å². The van der Waals surface area contributed by atoms with E-state index in [1.54, 1.807) is 0 Å². The van der Waals surface area contributed by atoms with Crippen LogP contribution in [0, 0.1) is 19.8 Å². The fraction of sp³-hybridized carbons (Fsp3) is 0.417. The molecule has 3 rings (SSSR count). The number of aryl methyl sites for hydroxylation is 3. The van der Waals surface area contributed by atoms with Crippen molar-refractivity contribution in [1.29, 1.82) is 0 Å². The molecular formula is C24H31N3O2. The number of amides is 1. The molecule has 0 unspecified atom stereocenters. The Kier molecular flexibility index (Phi) is 6.91. The number of nitrogens with zero attached hydrogens (tertiary/aromatic N) is 2. The van der Waals surface area contributed by atoms with Gasteiger partial charge in [-0.05, 0) is 55.5 Å². The molecule has 29 heavy (non-hydrogen) atoms. The van der Waals surface area contributed by atoms with Crippen LogP contribution in [-0.2, 0) is 17.8 Å². The van der Waals surface area contributed by atoms with Crippen molar-refractivity contribution in [3.63, 3.8) is 0 Å². The maximum atomic E-state index is 12.2. The number of carbonyl (C=O) groups excluding carboxylic acids is 1. The molecule has 2 aromatic carbocycles. The van der Waals surface area contributed by atoms with Gasteiger partial charge in [-0.2, -0.15) is 0 Å². The fourth-order valence-electron chi connectivity index (χ4n) is 3.32. The lowest BCUT2D eigenvalue weighted by molar-refractivity contribution is -0.123. The Balaban J connectivity index is 1.56. The summed E-state index contributed by atoms with van der Waals surface area (Å²) in [7, 11) is 0. The second kappa shape index (κ2) is 9.59. The molecule has 0 fully saturated rings. The molecule has 0 saturated carbocycles. The number of hydrogen-bond acceptors (Lipinski definition) is 3. The molecule has 3 aromatic rings. The third-order valence-corrected chi connectivity index (χ3v) is 5.04. The number of rotatable bonds is 9. The van der Waals surface area contributed by atoms with E-state index in [4.69, 9.17) is 9.72 Å². The van der Waals surface area contributed by atoms with Crippen molar-refractivity contribution in [1.82, 2.24) is 14.9 Å². The Hall–Kier alpha value is -2.82. The zero-order chi connectivity index (χ0) is 20.8. The van der Waals surface area contributed by atoms with E-state index in [1.165, 1.54) is 0 Å². The highest BCUT2D eigenvalue weighted by Crippen LogP contribution is 2.19. The van der Waals surface area contributed by atoms with Gasteiger partial charge in [-0.3, -0.25) is 4.79 Å². The monoisotopic (exact) mass is 393 g/mol. The molecule has 0 saturated heterocycles. The molecule has 5 heteroatoms. The van der Waals surface area contributed by atoms with E-state index in [2.05, 4.69) is 29.8 Å². The smallest absolute Gasteiger partial charge is 0.257 e. The van der Waals surface area contributed by atoms with Gasteiger partial charge in [-0.15, -0.1) is 0 Å². The number of aromatic nitrogens is 2. The van der Waals surface area contributed by atoms with E-state index in [9.17, 15) is 4.79 Å². The zero-order valence-corrected chi connectivity index (χ0v) is 17.9. The predicted octanol–water partition coefficient (Wildman–Crippen LogP) is 4.44. The van der Waals surface area contributed by atoms with Gasteiger partial charge in [0.25, 0.3) is 5.91 Å². The summed E-state index contributed by atoms with van der Waals surface area (Å²) in [6.45, 7) is 9.96. The number of carbonyl (C=O) groups is 1. The first-order valence-corrected chi connectivity index (χ1v) is 10.3. The van der Waals surface area contributed by atoms with Gasteiger partial charge < -0.3 is 14.6 Å². The molecule has 1 amide bonds. The van der Waals surface area contributed by atoms with Crippen molar-refractivity contribution < 1.29 is 9.53 Å². The molecule has 0 aliphatic carbocycles. The van der Waals surface area contributed by atoms with Crippen LogP contribution in [0.15, 0.2) is 42.5 Å². The van der Waals surface area contributed by atoms with Gasteiger partial charge in [-0.25, -0.2) is 4.98 Å². The molecular weight excluding hydrogens is 362 g/mol. The zero-order valence-electron chi connectivity index (χ0n) is 17.9. The van der Waals surface area contributed by atoms with Crippen LogP contribution in [-0.4, -0.2) is 28.6 Å². The maximum absolute atomic E-state index is 12.2. The van der Waals surface area contributed by atoms with E-state index < -0.39 is 0 Å². The second-order valence-corrected chi connectivity index (χ2v) is 8.01. The fourth-order valence-corrected chi connectivity index (χ4v) is 3.32. The summed E-state index contributed by atoms with van der Waals surface area (Å²) in [6.07, 6.45) is 1.80. The van der Waals surface area contributed by atoms with Crippen LogP contribution < -0.4 is 10.1 Å². The number of ether oxygens (including phenoxy) is 1. The number of hydrogen-bond donors (Lipinski definition) is 1. The van der Waals surface area contributed by atoms with Crippen LogP contribution in [0.1, 0.15) is 37.2 Å². The van der Waals surface area contributed by atoms with Gasteiger partial charge >= 0.3 is 0 Å². The third-order valence-electron chi connectivity index (χ3n) is 5.04. The molecule has 1 aromatic heterocycles. The maximum Gasteiger partial charge on any atom is 0.257 e. The van der Waals surface area contributed by atoms with Gasteiger partial charge in [0.05, 0.1) is 11.0 Å². The Morgan fingerprint density at radius 2 is 1.97 bits per heavy atom. The minimum absolute atomic E-state index is 0.0219. The van der Waals surface area contributed by atoms with Crippen LogP contribution in [0.2, 0.25) is 0 Å². The minimum Gasteiger partial charge on any atom is -0.483 e. The lowest BCUT2D eigenvalue weighted by atomic mass is 10.1. The number of benzene rings is 2. The average Bonchev–Trinajstić information content (AvgIpc) is 3.04. The number of fused-ring (bicyclic) bond motifs is 1. The quantitative estimate of drug-likeness (QED) is 0.585.